The quantitative estimate of drug-likeness (QED) is 0.500. The lowest BCUT2D eigenvalue weighted by molar-refractivity contribution is -0.209. The molecule has 0 rings (SSSR count). The highest BCUT2D eigenvalue weighted by molar-refractivity contribution is 5.70. The molecule has 0 fully saturated rings. The van der Waals surface area contributed by atoms with E-state index in [9.17, 15) is 18.0 Å². The van der Waals surface area contributed by atoms with E-state index in [4.69, 9.17) is 14.6 Å². The topological polar surface area (TPSA) is 65.0 Å². The van der Waals surface area contributed by atoms with Crippen LogP contribution in [0, 0.1) is 0 Å². The van der Waals surface area contributed by atoms with E-state index in [0.717, 1.165) is 0 Å². The molecule has 0 bridgehead atoms. The zero-order chi connectivity index (χ0) is 14.0. The van der Waals surface area contributed by atoms with Gasteiger partial charge in [0.05, 0.1) is 26.2 Å². The normalized spacial score (nSPS) is 13.4. The van der Waals surface area contributed by atoms with Gasteiger partial charge in [0.2, 0.25) is 0 Å². The van der Waals surface area contributed by atoms with Gasteiger partial charge < -0.3 is 19.3 Å². The van der Waals surface area contributed by atoms with Gasteiger partial charge in [-0.1, -0.05) is 0 Å². The summed E-state index contributed by atoms with van der Waals surface area (Å²) in [6.07, 6.45) is -8.61. The monoisotopic (exact) mass is 274 g/mol. The summed E-state index contributed by atoms with van der Waals surface area (Å²) in [5, 5.41) is 8.58. The predicted octanol–water partition coefficient (Wildman–Crippen LogP) is 0.896. The molecule has 1 atom stereocenters. The van der Waals surface area contributed by atoms with Crippen LogP contribution < -0.4 is 0 Å². The van der Waals surface area contributed by atoms with Gasteiger partial charge in [-0.25, -0.2) is 0 Å². The fraction of sp³-hybridized carbons (Fsp3) is 0.900. The Morgan fingerprint density at radius 3 is 2.28 bits per heavy atom. The number of carbonyl (C=O) groups is 1. The van der Waals surface area contributed by atoms with Crippen molar-refractivity contribution in [1.82, 2.24) is 0 Å². The second-order valence-corrected chi connectivity index (χ2v) is 3.29. The molecule has 18 heavy (non-hydrogen) atoms. The molecule has 1 N–H and O–H groups in total. The minimum atomic E-state index is -4.81. The lowest BCUT2D eigenvalue weighted by atomic mass is 10.2. The van der Waals surface area contributed by atoms with Crippen molar-refractivity contribution in [3.8, 4) is 0 Å². The van der Waals surface area contributed by atoms with Crippen molar-refractivity contribution in [2.75, 3.05) is 33.0 Å². The third-order valence-corrected chi connectivity index (χ3v) is 1.80. The van der Waals surface area contributed by atoms with Gasteiger partial charge in [-0.3, -0.25) is 4.79 Å². The lowest BCUT2D eigenvalue weighted by Crippen LogP contribution is -2.31. The Bertz CT molecular complexity index is 232. The van der Waals surface area contributed by atoms with Gasteiger partial charge in [0.25, 0.3) is 0 Å². The lowest BCUT2D eigenvalue weighted by Gasteiger charge is -2.13. The zero-order valence-corrected chi connectivity index (χ0v) is 10.0. The second kappa shape index (κ2) is 9.12. The van der Waals surface area contributed by atoms with Crippen LogP contribution in [0.2, 0.25) is 0 Å². The van der Waals surface area contributed by atoms with Crippen molar-refractivity contribution in [2.24, 2.45) is 0 Å². The summed E-state index contributed by atoms with van der Waals surface area (Å²) in [6.45, 7) is 3.02. The molecular weight excluding hydrogens is 257 g/mol. The van der Waals surface area contributed by atoms with Gasteiger partial charge in [0.15, 0.2) is 6.10 Å². The molecule has 5 nitrogen and oxygen atoms in total. The average Bonchev–Trinajstić information content (AvgIpc) is 2.26. The van der Waals surface area contributed by atoms with Gasteiger partial charge in [-0.2, -0.15) is 13.2 Å². The molecular formula is C10H17F3O5. The van der Waals surface area contributed by atoms with Crippen molar-refractivity contribution in [1.29, 1.82) is 0 Å². The van der Waals surface area contributed by atoms with E-state index in [0.29, 0.717) is 19.8 Å². The minimum absolute atomic E-state index is 0.0704. The number of halogens is 3. The highest BCUT2D eigenvalue weighted by Gasteiger charge is 2.39. The molecule has 0 aliphatic carbocycles. The number of rotatable bonds is 9. The molecule has 0 spiro atoms. The van der Waals surface area contributed by atoms with Gasteiger partial charge in [-0.15, -0.1) is 0 Å². The summed E-state index contributed by atoms with van der Waals surface area (Å²) in [7, 11) is 0. The van der Waals surface area contributed by atoms with Crippen LogP contribution in [0.5, 0.6) is 0 Å². The number of alkyl halides is 3. The number of esters is 1. The second-order valence-electron chi connectivity index (χ2n) is 3.29. The van der Waals surface area contributed by atoms with Crippen LogP contribution in [0.25, 0.3) is 0 Å². The molecule has 0 saturated heterocycles. The smallest absolute Gasteiger partial charge is 0.414 e. The first-order chi connectivity index (χ1) is 8.38. The molecule has 8 heteroatoms. The van der Waals surface area contributed by atoms with Crippen LogP contribution in [-0.4, -0.2) is 56.4 Å². The minimum Gasteiger partial charge on any atom is -0.463 e. The first-order valence-electron chi connectivity index (χ1n) is 5.43. The van der Waals surface area contributed by atoms with Gasteiger partial charge in [0.1, 0.15) is 6.61 Å². The average molecular weight is 274 g/mol. The summed E-state index contributed by atoms with van der Waals surface area (Å²) in [4.78, 5) is 10.9. The molecule has 0 aromatic carbocycles. The fourth-order valence-electron chi connectivity index (χ4n) is 0.911. The molecule has 0 aliphatic rings. The van der Waals surface area contributed by atoms with Crippen LogP contribution in [0.1, 0.15) is 13.3 Å². The molecule has 1 unspecified atom stereocenters. The Balaban J connectivity index is 3.48. The molecule has 0 aromatic heterocycles. The van der Waals surface area contributed by atoms with E-state index in [1.807, 2.05) is 6.92 Å². The van der Waals surface area contributed by atoms with Crippen molar-refractivity contribution in [3.05, 3.63) is 0 Å². The molecule has 0 heterocycles. The molecule has 0 aromatic rings. The Kier molecular flexibility index (Phi) is 8.69. The number of hydrogen-bond donors (Lipinski definition) is 1. The number of carbonyl (C=O) groups excluding carboxylic acids is 1. The summed E-state index contributed by atoms with van der Waals surface area (Å²) in [5.41, 5.74) is 0. The largest absolute Gasteiger partial charge is 0.463 e. The van der Waals surface area contributed by atoms with E-state index >= 15 is 0 Å². The third kappa shape index (κ3) is 9.20. The van der Waals surface area contributed by atoms with Crippen molar-refractivity contribution >= 4 is 5.97 Å². The van der Waals surface area contributed by atoms with E-state index in [-0.39, 0.29) is 13.2 Å². The standard InChI is InChI=1S/C10H17F3O5/c1-2-16-3-4-17-5-6-18-9(15)7-8(14)10(11,12)13/h8,14H,2-7H2,1H3. The van der Waals surface area contributed by atoms with Gasteiger partial charge in [-0.05, 0) is 6.92 Å². The van der Waals surface area contributed by atoms with Crippen LogP contribution in [0.15, 0.2) is 0 Å². The highest BCUT2D eigenvalue weighted by Crippen LogP contribution is 2.22. The van der Waals surface area contributed by atoms with Crippen LogP contribution >= 0.6 is 0 Å². The summed E-state index contributed by atoms with van der Waals surface area (Å²) < 4.78 is 50.0. The van der Waals surface area contributed by atoms with E-state index in [1.54, 1.807) is 0 Å². The SMILES string of the molecule is CCOCCOCCOC(=O)CC(O)C(F)(F)F. The number of aliphatic hydroxyl groups excluding tert-OH is 1. The Morgan fingerprint density at radius 1 is 1.17 bits per heavy atom. The van der Waals surface area contributed by atoms with Crippen molar-refractivity contribution in [2.45, 2.75) is 25.6 Å². The molecule has 0 saturated carbocycles. The van der Waals surface area contributed by atoms with Gasteiger partial charge in [0, 0.05) is 6.61 Å². The molecule has 108 valence electrons. The summed E-state index contributed by atoms with van der Waals surface area (Å²) in [5.74, 6) is -1.12. The van der Waals surface area contributed by atoms with Crippen molar-refractivity contribution in [3.63, 3.8) is 0 Å². The maximum atomic E-state index is 11.9. The highest BCUT2D eigenvalue weighted by atomic mass is 19.4. The summed E-state index contributed by atoms with van der Waals surface area (Å²) >= 11 is 0. The predicted molar refractivity (Wildman–Crippen MR) is 54.9 cm³/mol. The first kappa shape index (κ1) is 17.1. The summed E-state index contributed by atoms with van der Waals surface area (Å²) in [6, 6.07) is 0. The number of ether oxygens (including phenoxy) is 3. The third-order valence-electron chi connectivity index (χ3n) is 1.80. The van der Waals surface area contributed by atoms with E-state index < -0.39 is 24.7 Å². The number of hydrogen-bond acceptors (Lipinski definition) is 5. The maximum absolute atomic E-state index is 11.9. The van der Waals surface area contributed by atoms with Gasteiger partial charge >= 0.3 is 12.1 Å². The first-order valence-corrected chi connectivity index (χ1v) is 5.43. The molecule has 0 radical (unpaired) electrons. The van der Waals surface area contributed by atoms with Crippen LogP contribution in [0.3, 0.4) is 0 Å². The van der Waals surface area contributed by atoms with E-state index in [2.05, 4.69) is 4.74 Å². The molecule has 0 aliphatic heterocycles. The van der Waals surface area contributed by atoms with E-state index in [1.165, 1.54) is 0 Å². The van der Waals surface area contributed by atoms with Crippen LogP contribution in [-0.2, 0) is 19.0 Å². The molecule has 0 amide bonds. The Labute approximate surface area is 103 Å². The number of aliphatic hydroxyl groups is 1. The maximum Gasteiger partial charge on any atom is 0.414 e. The Morgan fingerprint density at radius 2 is 1.72 bits per heavy atom. The van der Waals surface area contributed by atoms with Crippen LogP contribution in [0.4, 0.5) is 13.2 Å². The van der Waals surface area contributed by atoms with Crippen molar-refractivity contribution < 1.29 is 37.3 Å². The zero-order valence-electron chi connectivity index (χ0n) is 10.0. The fourth-order valence-corrected chi connectivity index (χ4v) is 0.911. The Hall–Kier alpha value is -0.860.